The molecule has 212 valence electrons. The second kappa shape index (κ2) is 13.7. The molecule has 0 atom stereocenters. The van der Waals surface area contributed by atoms with Crippen LogP contribution in [0.1, 0.15) is 51.7 Å². The van der Waals surface area contributed by atoms with Crippen molar-refractivity contribution < 1.29 is 36.9 Å². The Kier molecular flexibility index (Phi) is 11.3. The lowest BCUT2D eigenvalue weighted by Crippen LogP contribution is -2.01. The molecule has 1 saturated carbocycles. The second-order valence-electron chi connectivity index (χ2n) is 8.34. The van der Waals surface area contributed by atoms with Crippen LogP contribution in [0.25, 0.3) is 21.5 Å². The third kappa shape index (κ3) is 8.39. The van der Waals surface area contributed by atoms with Crippen molar-refractivity contribution in [3.8, 4) is 17.2 Å². The summed E-state index contributed by atoms with van der Waals surface area (Å²) in [6.07, 6.45) is 2.14. The molecular weight excluding hydrogens is 535 g/mol. The average molecular weight is 569 g/mol. The molecule has 0 aromatic heterocycles. The maximum atomic E-state index is 13.8. The summed E-state index contributed by atoms with van der Waals surface area (Å²) in [6.45, 7) is 11.4. The lowest BCUT2D eigenvalue weighted by Gasteiger charge is -2.12. The minimum Gasteiger partial charge on any atom is -0.508 e. The zero-order valence-corrected chi connectivity index (χ0v) is 23.5. The highest BCUT2D eigenvalue weighted by Crippen LogP contribution is 2.43. The molecule has 0 unspecified atom stereocenters. The van der Waals surface area contributed by atoms with Gasteiger partial charge in [-0.1, -0.05) is 39.8 Å². The molecule has 0 saturated heterocycles. The maximum absolute atomic E-state index is 13.8. The number of hydrogen-bond donors (Lipinski definition) is 2. The summed E-state index contributed by atoms with van der Waals surface area (Å²) >= 11 is -0.480. The van der Waals surface area contributed by atoms with Crippen LogP contribution in [-0.2, 0) is 0 Å². The molecule has 2 N–H and O–H groups in total. The fourth-order valence-electron chi connectivity index (χ4n) is 3.87. The van der Waals surface area contributed by atoms with Gasteiger partial charge in [0.1, 0.15) is 17.3 Å². The van der Waals surface area contributed by atoms with Crippen LogP contribution in [0.5, 0.6) is 17.2 Å². The molecule has 0 heterocycles. The van der Waals surface area contributed by atoms with Crippen LogP contribution >= 0.6 is 11.8 Å². The van der Waals surface area contributed by atoms with Gasteiger partial charge in [0.25, 0.3) is 0 Å². The smallest absolute Gasteiger partial charge is 0.446 e. The average Bonchev–Trinajstić information content (AvgIpc) is 3.69. The number of hydrogen-bond acceptors (Lipinski definition) is 4. The van der Waals surface area contributed by atoms with E-state index < -0.39 is 28.0 Å². The van der Waals surface area contributed by atoms with E-state index >= 15 is 0 Å². The minimum absolute atomic E-state index is 0.0606. The molecule has 5 rings (SSSR count). The molecule has 0 bridgehead atoms. The van der Waals surface area contributed by atoms with Crippen LogP contribution in [0, 0.1) is 25.5 Å². The number of halogens is 5. The summed E-state index contributed by atoms with van der Waals surface area (Å²) < 4.78 is 70.2. The molecule has 1 aliphatic carbocycles. The molecule has 0 amide bonds. The molecule has 4 aromatic rings. The topological polar surface area (TPSA) is 49.7 Å². The Balaban J connectivity index is 0.000000243. The highest BCUT2D eigenvalue weighted by Gasteiger charge is 2.32. The van der Waals surface area contributed by atoms with E-state index in [9.17, 15) is 32.2 Å². The number of fused-ring (bicyclic) bond motifs is 2. The molecule has 0 spiro atoms. The normalized spacial score (nSPS) is 12.5. The third-order valence-corrected chi connectivity index (χ3v) is 6.27. The Hall–Kier alpha value is -3.20. The van der Waals surface area contributed by atoms with Gasteiger partial charge in [-0.2, -0.15) is 13.2 Å². The summed E-state index contributed by atoms with van der Waals surface area (Å²) in [5.41, 5.74) is -3.33. The summed E-state index contributed by atoms with van der Waals surface area (Å²) in [7, 11) is 0. The van der Waals surface area contributed by atoms with Crippen molar-refractivity contribution in [2.45, 2.75) is 70.9 Å². The maximum Gasteiger partial charge on any atom is 0.446 e. The van der Waals surface area contributed by atoms with E-state index in [1.165, 1.54) is 31.2 Å². The largest absolute Gasteiger partial charge is 0.508 e. The lowest BCUT2D eigenvalue weighted by molar-refractivity contribution is -0.0328. The van der Waals surface area contributed by atoms with E-state index in [2.05, 4.69) is 0 Å². The van der Waals surface area contributed by atoms with Crippen molar-refractivity contribution in [1.82, 2.24) is 0 Å². The van der Waals surface area contributed by atoms with E-state index in [4.69, 9.17) is 4.74 Å². The first kappa shape index (κ1) is 32.0. The van der Waals surface area contributed by atoms with Crippen molar-refractivity contribution in [3.63, 3.8) is 0 Å². The van der Waals surface area contributed by atoms with E-state index in [-0.39, 0.29) is 28.8 Å². The monoisotopic (exact) mass is 568 g/mol. The predicted octanol–water partition coefficient (Wildman–Crippen LogP) is 10.2. The van der Waals surface area contributed by atoms with Crippen LogP contribution in [0.15, 0.2) is 53.4 Å². The third-order valence-electron chi connectivity index (χ3n) is 5.43. The van der Waals surface area contributed by atoms with Gasteiger partial charge in [-0.05, 0) is 96.7 Å². The summed E-state index contributed by atoms with van der Waals surface area (Å²) in [5.74, 6) is -0.798. The van der Waals surface area contributed by atoms with Crippen LogP contribution < -0.4 is 4.74 Å². The van der Waals surface area contributed by atoms with Gasteiger partial charge in [0.15, 0.2) is 11.6 Å². The predicted molar refractivity (Wildman–Crippen MR) is 149 cm³/mol. The van der Waals surface area contributed by atoms with Crippen LogP contribution in [-0.4, -0.2) is 21.8 Å². The number of benzene rings is 4. The van der Waals surface area contributed by atoms with Gasteiger partial charge in [0, 0.05) is 10.8 Å². The summed E-state index contributed by atoms with van der Waals surface area (Å²) in [5, 5.41) is 21.0. The van der Waals surface area contributed by atoms with Crippen LogP contribution in [0.2, 0.25) is 0 Å². The van der Waals surface area contributed by atoms with E-state index in [1.54, 1.807) is 18.2 Å². The lowest BCUT2D eigenvalue weighted by atomic mass is 10.0. The summed E-state index contributed by atoms with van der Waals surface area (Å²) in [6, 6.07) is 11.2. The van der Waals surface area contributed by atoms with Crippen molar-refractivity contribution in [3.05, 3.63) is 71.3 Å². The number of aryl methyl sites for hydroxylation is 2. The van der Waals surface area contributed by atoms with Crippen molar-refractivity contribution in [1.29, 1.82) is 0 Å². The highest BCUT2D eigenvalue weighted by atomic mass is 32.2. The van der Waals surface area contributed by atoms with Gasteiger partial charge < -0.3 is 14.9 Å². The zero-order valence-electron chi connectivity index (χ0n) is 22.7. The molecule has 3 nitrogen and oxygen atoms in total. The number of alkyl halides is 3. The number of phenolic OH excluding ortho intramolecular Hbond substituents is 2. The first-order chi connectivity index (χ1) is 18.4. The first-order valence-corrected chi connectivity index (χ1v) is 13.5. The number of phenols is 2. The molecule has 1 fully saturated rings. The van der Waals surface area contributed by atoms with E-state index in [0.29, 0.717) is 16.7 Å². The number of ether oxygens (including phenoxy) is 1. The Morgan fingerprint density at radius 3 is 1.69 bits per heavy atom. The van der Waals surface area contributed by atoms with E-state index in [1.807, 2.05) is 34.6 Å². The van der Waals surface area contributed by atoms with Crippen LogP contribution in [0.3, 0.4) is 0 Å². The molecule has 0 radical (unpaired) electrons. The van der Waals surface area contributed by atoms with Gasteiger partial charge in [-0.15, -0.1) is 0 Å². The standard InChI is InChI=1S/C14H13FO2.C12H8F4OS.2C2H6/c1-8-6-10(16)7-9-2-5-12(15)14(13(8)9)17-11-3-4-11;1-6-4-8(17)5-7-2-3-9(13)11(10(6)7)18-12(14,15)16;2*1-2/h2,5-7,11,16H,3-4H2,1H3;2-5,17H,1H3;2*1-2H3. The molecule has 0 aliphatic heterocycles. The molecule has 4 aromatic carbocycles. The van der Waals surface area contributed by atoms with Crippen LogP contribution in [0.4, 0.5) is 22.0 Å². The molecular formula is C30H33F5O3S. The van der Waals surface area contributed by atoms with E-state index in [0.717, 1.165) is 35.2 Å². The number of thioether (sulfide) groups is 1. The highest BCUT2D eigenvalue weighted by molar-refractivity contribution is 8.00. The van der Waals surface area contributed by atoms with Gasteiger partial charge in [-0.25, -0.2) is 8.78 Å². The molecule has 9 heteroatoms. The van der Waals surface area contributed by atoms with Gasteiger partial charge in [0.2, 0.25) is 0 Å². The van der Waals surface area contributed by atoms with Gasteiger partial charge in [0.05, 0.1) is 11.0 Å². The Morgan fingerprint density at radius 1 is 0.744 bits per heavy atom. The Morgan fingerprint density at radius 2 is 1.21 bits per heavy atom. The minimum atomic E-state index is -4.56. The van der Waals surface area contributed by atoms with Crippen molar-refractivity contribution in [2.75, 3.05) is 0 Å². The fourth-order valence-corrected chi connectivity index (χ4v) is 4.65. The molecule has 39 heavy (non-hydrogen) atoms. The SMILES string of the molecule is CC.CC.Cc1cc(O)cc2ccc(F)c(OC3CC3)c12.Cc1cc(O)cc2ccc(F)c(SC(F)(F)F)c12. The second-order valence-corrected chi connectivity index (χ2v) is 9.41. The fraction of sp³-hybridized carbons (Fsp3) is 0.333. The Bertz CT molecular complexity index is 1420. The molecule has 1 aliphatic rings. The Labute approximate surface area is 229 Å². The van der Waals surface area contributed by atoms with Crippen molar-refractivity contribution >= 4 is 33.3 Å². The first-order valence-electron chi connectivity index (χ1n) is 12.7. The number of rotatable bonds is 3. The summed E-state index contributed by atoms with van der Waals surface area (Å²) in [4.78, 5) is -0.461. The van der Waals surface area contributed by atoms with Gasteiger partial charge in [-0.3, -0.25) is 0 Å². The van der Waals surface area contributed by atoms with Crippen molar-refractivity contribution in [2.24, 2.45) is 0 Å². The number of aromatic hydroxyl groups is 2. The quantitative estimate of drug-likeness (QED) is 0.191. The van der Waals surface area contributed by atoms with Gasteiger partial charge >= 0.3 is 5.51 Å². The zero-order chi connectivity index (χ0) is 29.5.